The van der Waals surface area contributed by atoms with Crippen LogP contribution < -0.4 is 10.0 Å². The number of sulfonamides is 1. The van der Waals surface area contributed by atoms with E-state index in [9.17, 15) is 17.6 Å². The third kappa shape index (κ3) is 6.38. The fraction of sp³-hybridized carbons (Fsp3) is 0.208. The van der Waals surface area contributed by atoms with Crippen LogP contribution in [0.4, 0.5) is 10.1 Å². The molecule has 0 saturated carbocycles. The first-order valence-electron chi connectivity index (χ1n) is 10.1. The Bertz CT molecular complexity index is 1150. The van der Waals surface area contributed by atoms with Crippen molar-refractivity contribution in [2.24, 2.45) is 0 Å². The summed E-state index contributed by atoms with van der Waals surface area (Å²) in [5, 5.41) is 3.02. The van der Waals surface area contributed by atoms with E-state index in [1.807, 2.05) is 49.3 Å². The zero-order valence-electron chi connectivity index (χ0n) is 18.0. The van der Waals surface area contributed by atoms with Crippen LogP contribution in [0.5, 0.6) is 0 Å². The van der Waals surface area contributed by atoms with Crippen molar-refractivity contribution in [3.05, 3.63) is 95.8 Å². The summed E-state index contributed by atoms with van der Waals surface area (Å²) in [5.41, 5.74) is 1.31. The van der Waals surface area contributed by atoms with Crippen LogP contribution >= 0.6 is 0 Å². The van der Waals surface area contributed by atoms with Gasteiger partial charge in [-0.1, -0.05) is 42.5 Å². The maximum absolute atomic E-state index is 13.8. The van der Waals surface area contributed by atoms with E-state index >= 15 is 0 Å². The third-order valence-electron chi connectivity index (χ3n) is 4.79. The number of halogens is 1. The van der Waals surface area contributed by atoms with Gasteiger partial charge in [-0.3, -0.25) is 9.52 Å². The number of carbonyl (C=O) groups is 1. The summed E-state index contributed by atoms with van der Waals surface area (Å²) in [5.74, 6) is -0.962. The van der Waals surface area contributed by atoms with Gasteiger partial charge in [0.15, 0.2) is 0 Å². The number of para-hydroxylation sites is 1. The SMILES string of the molecule is CN(C)CC(Cc1ccccc1)NC(=O)c1ccc(S(=O)(=O)Nc2ccccc2F)cc1. The number of hydrogen-bond donors (Lipinski definition) is 2. The lowest BCUT2D eigenvalue weighted by Gasteiger charge is -2.22. The Labute approximate surface area is 188 Å². The molecule has 0 aliphatic heterocycles. The molecule has 0 radical (unpaired) electrons. The Kier molecular flexibility index (Phi) is 7.61. The largest absolute Gasteiger partial charge is 0.348 e. The van der Waals surface area contributed by atoms with E-state index in [-0.39, 0.29) is 22.5 Å². The minimum Gasteiger partial charge on any atom is -0.348 e. The number of amides is 1. The van der Waals surface area contributed by atoms with Crippen molar-refractivity contribution in [1.82, 2.24) is 10.2 Å². The van der Waals surface area contributed by atoms with Gasteiger partial charge in [0.25, 0.3) is 15.9 Å². The predicted molar refractivity (Wildman–Crippen MR) is 124 cm³/mol. The molecule has 0 aromatic heterocycles. The lowest BCUT2D eigenvalue weighted by molar-refractivity contribution is 0.0930. The third-order valence-corrected chi connectivity index (χ3v) is 6.17. The van der Waals surface area contributed by atoms with E-state index in [0.29, 0.717) is 18.5 Å². The average Bonchev–Trinajstić information content (AvgIpc) is 2.75. The molecule has 1 atom stereocenters. The Hall–Kier alpha value is -3.23. The lowest BCUT2D eigenvalue weighted by Crippen LogP contribution is -2.43. The van der Waals surface area contributed by atoms with Crippen LogP contribution in [0.25, 0.3) is 0 Å². The summed E-state index contributed by atoms with van der Waals surface area (Å²) in [4.78, 5) is 14.7. The zero-order valence-corrected chi connectivity index (χ0v) is 18.8. The normalized spacial score (nSPS) is 12.4. The van der Waals surface area contributed by atoms with Crippen molar-refractivity contribution in [2.75, 3.05) is 25.4 Å². The highest BCUT2D eigenvalue weighted by Crippen LogP contribution is 2.19. The highest BCUT2D eigenvalue weighted by Gasteiger charge is 2.19. The summed E-state index contributed by atoms with van der Waals surface area (Å²) in [6, 6.07) is 20.8. The Balaban J connectivity index is 1.71. The second-order valence-electron chi connectivity index (χ2n) is 7.73. The van der Waals surface area contributed by atoms with Gasteiger partial charge in [-0.2, -0.15) is 0 Å². The van der Waals surface area contributed by atoms with Gasteiger partial charge < -0.3 is 10.2 Å². The van der Waals surface area contributed by atoms with E-state index in [2.05, 4.69) is 10.0 Å². The number of nitrogens with one attached hydrogen (secondary N) is 2. The molecular weight excluding hydrogens is 429 g/mol. The maximum Gasteiger partial charge on any atom is 0.261 e. The minimum absolute atomic E-state index is 0.0635. The monoisotopic (exact) mass is 455 g/mol. The molecule has 1 amide bonds. The molecule has 0 fully saturated rings. The molecule has 0 bridgehead atoms. The van der Waals surface area contributed by atoms with Gasteiger partial charge >= 0.3 is 0 Å². The van der Waals surface area contributed by atoms with Crippen LogP contribution in [0.2, 0.25) is 0 Å². The second kappa shape index (κ2) is 10.4. The van der Waals surface area contributed by atoms with E-state index in [4.69, 9.17) is 0 Å². The number of rotatable bonds is 9. The number of likely N-dealkylation sites (N-methyl/N-ethyl adjacent to an activating group) is 1. The number of nitrogens with zero attached hydrogens (tertiary/aromatic N) is 1. The summed E-state index contributed by atoms with van der Waals surface area (Å²) in [6.45, 7) is 0.652. The number of benzene rings is 3. The molecule has 8 heteroatoms. The van der Waals surface area contributed by atoms with Gasteiger partial charge in [-0.05, 0) is 62.5 Å². The van der Waals surface area contributed by atoms with Crippen molar-refractivity contribution in [3.63, 3.8) is 0 Å². The van der Waals surface area contributed by atoms with E-state index in [1.54, 1.807) is 0 Å². The van der Waals surface area contributed by atoms with Gasteiger partial charge in [0.1, 0.15) is 5.82 Å². The molecular formula is C24H26FN3O3S. The number of anilines is 1. The van der Waals surface area contributed by atoms with E-state index < -0.39 is 15.8 Å². The second-order valence-corrected chi connectivity index (χ2v) is 9.41. The minimum atomic E-state index is -3.99. The topological polar surface area (TPSA) is 78.5 Å². The van der Waals surface area contributed by atoms with Crippen molar-refractivity contribution in [2.45, 2.75) is 17.4 Å². The van der Waals surface area contributed by atoms with Crippen LogP contribution in [-0.2, 0) is 16.4 Å². The van der Waals surface area contributed by atoms with Gasteiger partial charge in [-0.25, -0.2) is 12.8 Å². The van der Waals surface area contributed by atoms with Gasteiger partial charge in [-0.15, -0.1) is 0 Å². The highest BCUT2D eigenvalue weighted by molar-refractivity contribution is 7.92. The molecule has 6 nitrogen and oxygen atoms in total. The Morgan fingerprint density at radius 1 is 0.938 bits per heavy atom. The molecule has 3 aromatic rings. The molecule has 2 N–H and O–H groups in total. The van der Waals surface area contributed by atoms with Crippen molar-refractivity contribution < 1.29 is 17.6 Å². The summed E-state index contributed by atoms with van der Waals surface area (Å²) in [7, 11) is -0.113. The van der Waals surface area contributed by atoms with Gasteiger partial charge in [0.2, 0.25) is 0 Å². The Morgan fingerprint density at radius 2 is 1.56 bits per heavy atom. The number of hydrogen-bond acceptors (Lipinski definition) is 4. The van der Waals surface area contributed by atoms with Crippen LogP contribution in [0, 0.1) is 5.82 Å². The average molecular weight is 456 g/mol. The molecule has 0 spiro atoms. The fourth-order valence-electron chi connectivity index (χ4n) is 3.30. The molecule has 0 aliphatic carbocycles. The van der Waals surface area contributed by atoms with Crippen LogP contribution in [0.15, 0.2) is 83.8 Å². The smallest absolute Gasteiger partial charge is 0.261 e. The van der Waals surface area contributed by atoms with Crippen LogP contribution in [0.1, 0.15) is 15.9 Å². The van der Waals surface area contributed by atoms with E-state index in [1.165, 1.54) is 48.5 Å². The summed E-state index contributed by atoms with van der Waals surface area (Å²) in [6.07, 6.45) is 0.670. The molecule has 1 unspecified atom stereocenters. The van der Waals surface area contributed by atoms with Gasteiger partial charge in [0, 0.05) is 18.2 Å². The molecule has 0 aliphatic rings. The first-order valence-corrected chi connectivity index (χ1v) is 11.6. The van der Waals surface area contributed by atoms with Crippen molar-refractivity contribution >= 4 is 21.6 Å². The fourth-order valence-corrected chi connectivity index (χ4v) is 4.37. The molecule has 0 saturated heterocycles. The molecule has 3 rings (SSSR count). The quantitative estimate of drug-likeness (QED) is 0.518. The Morgan fingerprint density at radius 3 is 2.19 bits per heavy atom. The van der Waals surface area contributed by atoms with E-state index in [0.717, 1.165) is 5.56 Å². The van der Waals surface area contributed by atoms with Crippen LogP contribution in [0.3, 0.4) is 0 Å². The summed E-state index contributed by atoms with van der Waals surface area (Å²) < 4.78 is 41.1. The van der Waals surface area contributed by atoms with Crippen molar-refractivity contribution in [1.29, 1.82) is 0 Å². The zero-order chi connectivity index (χ0) is 23.1. The molecule has 3 aromatic carbocycles. The molecule has 0 heterocycles. The highest BCUT2D eigenvalue weighted by atomic mass is 32.2. The lowest BCUT2D eigenvalue weighted by atomic mass is 10.0. The first-order chi connectivity index (χ1) is 15.2. The molecule has 32 heavy (non-hydrogen) atoms. The van der Waals surface area contributed by atoms with Crippen LogP contribution in [-0.4, -0.2) is 45.9 Å². The maximum atomic E-state index is 13.8. The summed E-state index contributed by atoms with van der Waals surface area (Å²) >= 11 is 0. The standard InChI is InChI=1S/C24H26FN3O3S/c1-28(2)17-20(16-18-8-4-3-5-9-18)26-24(29)19-12-14-21(15-13-19)32(30,31)27-23-11-7-6-10-22(23)25/h3-15,20,27H,16-17H2,1-2H3,(H,26,29). The molecule has 168 valence electrons. The predicted octanol–water partition coefficient (Wildman–Crippen LogP) is 3.53. The van der Waals surface area contributed by atoms with Gasteiger partial charge in [0.05, 0.1) is 10.6 Å². The van der Waals surface area contributed by atoms with Crippen molar-refractivity contribution in [3.8, 4) is 0 Å². The first kappa shape index (κ1) is 23.4. The number of carbonyl (C=O) groups excluding carboxylic acids is 1.